The minimum Gasteiger partial charge on any atom is -0.391 e. The van der Waals surface area contributed by atoms with Crippen molar-refractivity contribution >= 4 is 17.1 Å². The first-order chi connectivity index (χ1) is 9.10. The van der Waals surface area contributed by atoms with Gasteiger partial charge in [0, 0.05) is 36.6 Å². The van der Waals surface area contributed by atoms with Crippen molar-refractivity contribution in [2.45, 2.75) is 25.9 Å². The smallest absolute Gasteiger partial charge is 0.273 e. The zero-order chi connectivity index (χ0) is 13.8. The average molecular weight is 265 g/mol. The normalized spacial score (nSPS) is 15.9. The van der Waals surface area contributed by atoms with E-state index in [4.69, 9.17) is 0 Å². The second-order valence-electron chi connectivity index (χ2n) is 4.84. The Morgan fingerprint density at radius 3 is 2.53 bits per heavy atom. The monoisotopic (exact) mass is 265 g/mol. The molecule has 1 fully saturated rings. The molecule has 1 atom stereocenters. The molecule has 1 saturated carbocycles. The summed E-state index contributed by atoms with van der Waals surface area (Å²) in [4.78, 5) is 10.5. The van der Waals surface area contributed by atoms with Crippen molar-refractivity contribution in [3.63, 3.8) is 0 Å². The summed E-state index contributed by atoms with van der Waals surface area (Å²) in [6.07, 6.45) is 1.77. The summed E-state index contributed by atoms with van der Waals surface area (Å²) in [6.45, 7) is 3.06. The highest BCUT2D eigenvalue weighted by Gasteiger charge is 2.29. The zero-order valence-corrected chi connectivity index (χ0v) is 10.9. The Morgan fingerprint density at radius 1 is 1.37 bits per heavy atom. The number of hydrogen-bond donors (Lipinski definition) is 3. The van der Waals surface area contributed by atoms with Crippen LogP contribution in [0.15, 0.2) is 18.2 Å². The van der Waals surface area contributed by atoms with E-state index < -0.39 is 4.92 Å². The maximum absolute atomic E-state index is 10.9. The molecule has 0 radical (unpaired) electrons. The Hall–Kier alpha value is -1.82. The molecule has 1 aliphatic carbocycles. The summed E-state index contributed by atoms with van der Waals surface area (Å²) in [5.74, 6) is 0.388. The third kappa shape index (κ3) is 3.82. The average Bonchev–Trinajstić information content (AvgIpc) is 3.20. The number of nitro benzene ring substituents is 1. The standard InChI is InChI=1S/C13H19N3O3/c1-2-14-10-5-11(7-12(6-10)16(18)19)15-8-13(17)9-3-4-9/h5-7,9,13-15,17H,2-4,8H2,1H3. The van der Waals surface area contributed by atoms with Crippen LogP contribution in [0, 0.1) is 16.0 Å². The van der Waals surface area contributed by atoms with Gasteiger partial charge in [0.1, 0.15) is 0 Å². The molecule has 6 nitrogen and oxygen atoms in total. The van der Waals surface area contributed by atoms with Crippen molar-refractivity contribution in [1.82, 2.24) is 0 Å². The molecule has 0 spiro atoms. The Morgan fingerprint density at radius 2 is 2.00 bits per heavy atom. The van der Waals surface area contributed by atoms with Crippen LogP contribution in [0.4, 0.5) is 17.1 Å². The number of rotatable bonds is 7. The molecular weight excluding hydrogens is 246 g/mol. The summed E-state index contributed by atoms with van der Waals surface area (Å²) in [5.41, 5.74) is 1.41. The lowest BCUT2D eigenvalue weighted by Crippen LogP contribution is -2.21. The second-order valence-corrected chi connectivity index (χ2v) is 4.84. The van der Waals surface area contributed by atoms with Crippen molar-refractivity contribution in [1.29, 1.82) is 0 Å². The van der Waals surface area contributed by atoms with Gasteiger partial charge >= 0.3 is 0 Å². The number of aliphatic hydroxyl groups is 1. The van der Waals surface area contributed by atoms with Gasteiger partial charge in [-0.05, 0) is 31.7 Å². The largest absolute Gasteiger partial charge is 0.391 e. The van der Waals surface area contributed by atoms with Gasteiger partial charge < -0.3 is 15.7 Å². The number of anilines is 2. The minimum atomic E-state index is -0.413. The van der Waals surface area contributed by atoms with Crippen LogP contribution < -0.4 is 10.6 Å². The van der Waals surface area contributed by atoms with E-state index in [9.17, 15) is 15.2 Å². The first-order valence-electron chi connectivity index (χ1n) is 6.55. The number of hydrogen-bond acceptors (Lipinski definition) is 5. The maximum atomic E-state index is 10.9. The van der Waals surface area contributed by atoms with Crippen LogP contribution in [0.5, 0.6) is 0 Å². The molecule has 1 aromatic rings. The topological polar surface area (TPSA) is 87.4 Å². The number of nitro groups is 1. The first kappa shape index (κ1) is 13.6. The van der Waals surface area contributed by atoms with Crippen LogP contribution in [0.1, 0.15) is 19.8 Å². The molecule has 1 aliphatic rings. The molecule has 19 heavy (non-hydrogen) atoms. The molecule has 2 rings (SSSR count). The van der Waals surface area contributed by atoms with Gasteiger partial charge in [0.25, 0.3) is 5.69 Å². The Bertz CT molecular complexity index is 460. The number of aliphatic hydroxyl groups excluding tert-OH is 1. The zero-order valence-electron chi connectivity index (χ0n) is 10.9. The van der Waals surface area contributed by atoms with Crippen molar-refractivity contribution in [3.05, 3.63) is 28.3 Å². The maximum Gasteiger partial charge on any atom is 0.273 e. The SMILES string of the molecule is CCNc1cc(NCC(O)C2CC2)cc([N+](=O)[O-])c1. The van der Waals surface area contributed by atoms with E-state index in [-0.39, 0.29) is 11.8 Å². The van der Waals surface area contributed by atoms with E-state index in [1.807, 2.05) is 13.0 Å². The van der Waals surface area contributed by atoms with Crippen molar-refractivity contribution in [2.24, 2.45) is 5.92 Å². The van der Waals surface area contributed by atoms with Gasteiger partial charge in [0.05, 0.1) is 11.0 Å². The van der Waals surface area contributed by atoms with E-state index in [2.05, 4.69) is 10.6 Å². The molecule has 104 valence electrons. The van der Waals surface area contributed by atoms with Gasteiger partial charge in [0.2, 0.25) is 0 Å². The molecule has 1 unspecified atom stereocenters. The van der Waals surface area contributed by atoms with E-state index in [1.165, 1.54) is 12.1 Å². The highest BCUT2D eigenvalue weighted by Crippen LogP contribution is 2.33. The van der Waals surface area contributed by atoms with Gasteiger partial charge in [-0.15, -0.1) is 0 Å². The van der Waals surface area contributed by atoms with Crippen LogP contribution in [0.3, 0.4) is 0 Å². The number of nitrogens with one attached hydrogen (secondary N) is 2. The van der Waals surface area contributed by atoms with Crippen LogP contribution in [-0.2, 0) is 0 Å². The van der Waals surface area contributed by atoms with Crippen LogP contribution in [-0.4, -0.2) is 29.2 Å². The van der Waals surface area contributed by atoms with E-state index in [1.54, 1.807) is 0 Å². The van der Waals surface area contributed by atoms with Crippen LogP contribution in [0.2, 0.25) is 0 Å². The number of non-ortho nitro benzene ring substituents is 1. The lowest BCUT2D eigenvalue weighted by Gasteiger charge is -2.13. The Balaban J connectivity index is 2.06. The molecule has 3 N–H and O–H groups in total. The lowest BCUT2D eigenvalue weighted by atomic mass is 10.2. The van der Waals surface area contributed by atoms with E-state index in [0.29, 0.717) is 30.4 Å². The Labute approximate surface area is 112 Å². The molecule has 0 bridgehead atoms. The third-order valence-electron chi connectivity index (χ3n) is 3.19. The molecule has 0 aromatic heterocycles. The van der Waals surface area contributed by atoms with E-state index in [0.717, 1.165) is 12.8 Å². The molecular formula is C13H19N3O3. The molecule has 0 heterocycles. The highest BCUT2D eigenvalue weighted by molar-refractivity contribution is 5.63. The van der Waals surface area contributed by atoms with Gasteiger partial charge in [0.15, 0.2) is 0 Å². The summed E-state index contributed by atoms with van der Waals surface area (Å²) in [6, 6.07) is 4.81. The summed E-state index contributed by atoms with van der Waals surface area (Å²) in [5, 5.41) is 26.8. The molecule has 0 saturated heterocycles. The van der Waals surface area contributed by atoms with E-state index >= 15 is 0 Å². The predicted octanol–water partition coefficient (Wildman–Crippen LogP) is 2.21. The number of benzene rings is 1. The Kier molecular flexibility index (Phi) is 4.21. The van der Waals surface area contributed by atoms with Gasteiger partial charge in [-0.25, -0.2) is 0 Å². The fraction of sp³-hybridized carbons (Fsp3) is 0.538. The minimum absolute atomic E-state index is 0.0434. The van der Waals surface area contributed by atoms with Crippen LogP contribution >= 0.6 is 0 Å². The van der Waals surface area contributed by atoms with Crippen molar-refractivity contribution in [3.8, 4) is 0 Å². The highest BCUT2D eigenvalue weighted by atomic mass is 16.6. The molecule has 0 amide bonds. The fourth-order valence-electron chi connectivity index (χ4n) is 1.99. The summed E-state index contributed by atoms with van der Waals surface area (Å²) >= 11 is 0. The molecule has 6 heteroatoms. The summed E-state index contributed by atoms with van der Waals surface area (Å²) < 4.78 is 0. The predicted molar refractivity (Wildman–Crippen MR) is 74.5 cm³/mol. The number of nitrogens with zero attached hydrogens (tertiary/aromatic N) is 1. The fourth-order valence-corrected chi connectivity index (χ4v) is 1.99. The second kappa shape index (κ2) is 5.88. The van der Waals surface area contributed by atoms with Gasteiger partial charge in [-0.2, -0.15) is 0 Å². The van der Waals surface area contributed by atoms with Crippen molar-refractivity contribution in [2.75, 3.05) is 23.7 Å². The molecule has 0 aliphatic heterocycles. The quantitative estimate of drug-likeness (QED) is 0.519. The summed E-state index contributed by atoms with van der Waals surface area (Å²) in [7, 11) is 0. The van der Waals surface area contributed by atoms with Crippen molar-refractivity contribution < 1.29 is 10.0 Å². The van der Waals surface area contributed by atoms with Gasteiger partial charge in [-0.1, -0.05) is 0 Å². The van der Waals surface area contributed by atoms with Gasteiger partial charge in [-0.3, -0.25) is 10.1 Å². The third-order valence-corrected chi connectivity index (χ3v) is 3.19. The lowest BCUT2D eigenvalue weighted by molar-refractivity contribution is -0.384. The van der Waals surface area contributed by atoms with Crippen LogP contribution in [0.25, 0.3) is 0 Å². The molecule has 1 aromatic carbocycles. The first-order valence-corrected chi connectivity index (χ1v) is 6.55.